The van der Waals surface area contributed by atoms with Crippen molar-refractivity contribution < 1.29 is 24.5 Å². The van der Waals surface area contributed by atoms with Crippen molar-refractivity contribution in [2.45, 2.75) is 25.6 Å². The number of carbonyl (C=O) groups excluding carboxylic acids is 1. The van der Waals surface area contributed by atoms with Crippen LogP contribution >= 0.6 is 0 Å². The minimum absolute atomic E-state index is 0.179. The van der Waals surface area contributed by atoms with Gasteiger partial charge in [-0.1, -0.05) is 6.07 Å². The van der Waals surface area contributed by atoms with Crippen LogP contribution in [-0.4, -0.2) is 43.0 Å². The van der Waals surface area contributed by atoms with Crippen LogP contribution in [0.2, 0.25) is 0 Å². The molecule has 0 saturated heterocycles. The van der Waals surface area contributed by atoms with E-state index in [1.54, 1.807) is 18.2 Å². The van der Waals surface area contributed by atoms with Gasteiger partial charge in [-0.05, 0) is 18.6 Å². The summed E-state index contributed by atoms with van der Waals surface area (Å²) in [7, 11) is 2.96. The number of hydrogen-bond acceptors (Lipinski definition) is 5. The van der Waals surface area contributed by atoms with Gasteiger partial charge in [0, 0.05) is 13.5 Å². The maximum absolute atomic E-state index is 10.8. The fraction of sp³-hybridized carbons (Fsp3) is 0.500. The summed E-state index contributed by atoms with van der Waals surface area (Å²) in [5.74, 6) is 0.701. The zero-order valence-electron chi connectivity index (χ0n) is 11.9. The zero-order valence-corrected chi connectivity index (χ0v) is 11.9. The molecule has 0 fully saturated rings. The molecule has 1 aromatic rings. The lowest BCUT2D eigenvalue weighted by molar-refractivity contribution is -0.119. The van der Waals surface area contributed by atoms with Crippen LogP contribution in [0.25, 0.3) is 0 Å². The van der Waals surface area contributed by atoms with Crippen LogP contribution in [0.5, 0.6) is 11.5 Å². The molecular weight excluding hydrogens is 262 g/mol. The van der Waals surface area contributed by atoms with Crippen LogP contribution in [0.1, 0.15) is 25.0 Å². The van der Waals surface area contributed by atoms with Gasteiger partial charge in [-0.15, -0.1) is 0 Å². The highest BCUT2D eigenvalue weighted by Crippen LogP contribution is 2.35. The highest BCUT2D eigenvalue weighted by molar-refractivity contribution is 5.72. The molecule has 0 heterocycles. The van der Waals surface area contributed by atoms with E-state index in [2.05, 4.69) is 5.32 Å². The van der Waals surface area contributed by atoms with Gasteiger partial charge in [-0.25, -0.2) is 0 Å². The third kappa shape index (κ3) is 4.11. The van der Waals surface area contributed by atoms with E-state index in [0.717, 1.165) is 0 Å². The van der Waals surface area contributed by atoms with E-state index in [9.17, 15) is 15.0 Å². The highest BCUT2D eigenvalue weighted by Gasteiger charge is 2.25. The minimum Gasteiger partial charge on any atom is -0.496 e. The third-order valence-corrected chi connectivity index (χ3v) is 2.94. The van der Waals surface area contributed by atoms with Gasteiger partial charge in [0.2, 0.25) is 5.91 Å². The molecule has 3 N–H and O–H groups in total. The van der Waals surface area contributed by atoms with Crippen molar-refractivity contribution in [3.63, 3.8) is 0 Å². The van der Waals surface area contributed by atoms with Crippen LogP contribution in [0, 0.1) is 0 Å². The lowest BCUT2D eigenvalue weighted by Crippen LogP contribution is -2.28. The van der Waals surface area contributed by atoms with E-state index in [4.69, 9.17) is 9.47 Å². The topological polar surface area (TPSA) is 88.0 Å². The third-order valence-electron chi connectivity index (χ3n) is 2.94. The lowest BCUT2D eigenvalue weighted by atomic mass is 10.00. The summed E-state index contributed by atoms with van der Waals surface area (Å²) in [5.41, 5.74) is 0.396. The molecule has 1 aromatic carbocycles. The van der Waals surface area contributed by atoms with Crippen LogP contribution in [0.3, 0.4) is 0 Å². The summed E-state index contributed by atoms with van der Waals surface area (Å²) in [4.78, 5) is 10.8. The van der Waals surface area contributed by atoms with Crippen molar-refractivity contribution >= 4 is 5.91 Å². The zero-order chi connectivity index (χ0) is 15.1. The van der Waals surface area contributed by atoms with Gasteiger partial charge < -0.3 is 25.0 Å². The fourth-order valence-electron chi connectivity index (χ4n) is 1.92. The van der Waals surface area contributed by atoms with Crippen molar-refractivity contribution in [2.75, 3.05) is 20.8 Å². The molecular formula is C14H21NO5. The summed E-state index contributed by atoms with van der Waals surface area (Å²) in [6, 6.07) is 5.10. The second-order valence-corrected chi connectivity index (χ2v) is 4.36. The number of benzene rings is 1. The first-order valence-corrected chi connectivity index (χ1v) is 6.32. The predicted octanol–water partition coefficient (Wildman–Crippen LogP) is 0.624. The van der Waals surface area contributed by atoms with Crippen molar-refractivity contribution in [1.82, 2.24) is 5.32 Å². The van der Waals surface area contributed by atoms with E-state index >= 15 is 0 Å². The maximum atomic E-state index is 10.8. The largest absolute Gasteiger partial charge is 0.496 e. The van der Waals surface area contributed by atoms with Gasteiger partial charge in [0.1, 0.15) is 17.6 Å². The van der Waals surface area contributed by atoms with E-state index in [0.29, 0.717) is 17.1 Å². The van der Waals surface area contributed by atoms with Gasteiger partial charge in [0.15, 0.2) is 0 Å². The molecule has 6 nitrogen and oxygen atoms in total. The lowest BCUT2D eigenvalue weighted by Gasteiger charge is -2.22. The molecule has 0 aromatic heterocycles. The fourth-order valence-corrected chi connectivity index (χ4v) is 1.92. The Morgan fingerprint density at radius 3 is 2.25 bits per heavy atom. The molecule has 1 amide bonds. The molecule has 0 spiro atoms. The maximum Gasteiger partial charge on any atom is 0.216 e. The van der Waals surface area contributed by atoms with Crippen LogP contribution < -0.4 is 14.8 Å². The summed E-state index contributed by atoms with van der Waals surface area (Å²) < 4.78 is 10.4. The van der Waals surface area contributed by atoms with E-state index < -0.39 is 12.2 Å². The Labute approximate surface area is 118 Å². The molecule has 6 heteroatoms. The number of rotatable bonds is 7. The summed E-state index contributed by atoms with van der Waals surface area (Å²) in [6.07, 6.45) is -1.97. The van der Waals surface area contributed by atoms with E-state index in [1.165, 1.54) is 21.1 Å². The average molecular weight is 283 g/mol. The molecule has 0 aliphatic carbocycles. The van der Waals surface area contributed by atoms with Crippen LogP contribution in [0.4, 0.5) is 0 Å². The second kappa shape index (κ2) is 7.72. The van der Waals surface area contributed by atoms with Crippen molar-refractivity contribution in [3.8, 4) is 11.5 Å². The Morgan fingerprint density at radius 1 is 1.25 bits per heavy atom. The molecule has 112 valence electrons. The Morgan fingerprint density at radius 2 is 1.80 bits per heavy atom. The molecule has 2 atom stereocenters. The number of amides is 1. The van der Waals surface area contributed by atoms with Crippen molar-refractivity contribution in [2.24, 2.45) is 0 Å². The molecule has 0 radical (unpaired) electrons. The Kier molecular flexibility index (Phi) is 6.27. The smallest absolute Gasteiger partial charge is 0.216 e. The highest BCUT2D eigenvalue weighted by atomic mass is 16.5. The monoisotopic (exact) mass is 283 g/mol. The first-order chi connectivity index (χ1) is 9.51. The average Bonchev–Trinajstić information content (AvgIpc) is 2.44. The number of aliphatic hydroxyl groups is 2. The van der Waals surface area contributed by atoms with Gasteiger partial charge >= 0.3 is 0 Å². The molecule has 20 heavy (non-hydrogen) atoms. The van der Waals surface area contributed by atoms with Gasteiger partial charge in [0.05, 0.1) is 25.9 Å². The van der Waals surface area contributed by atoms with Crippen LogP contribution in [0.15, 0.2) is 18.2 Å². The minimum atomic E-state index is -1.16. The first-order valence-electron chi connectivity index (χ1n) is 6.32. The Balaban J connectivity index is 2.84. The summed E-state index contributed by atoms with van der Waals surface area (Å²) in [5, 5.41) is 22.8. The molecule has 0 aliphatic rings. The quantitative estimate of drug-likeness (QED) is 0.683. The molecule has 0 aliphatic heterocycles. The summed E-state index contributed by atoms with van der Waals surface area (Å²) >= 11 is 0. The number of aliphatic hydroxyl groups excluding tert-OH is 2. The molecule has 0 bridgehead atoms. The number of ether oxygens (including phenoxy) is 2. The Hall–Kier alpha value is -1.79. The first kappa shape index (κ1) is 16.3. The van der Waals surface area contributed by atoms with E-state index in [-0.39, 0.29) is 18.9 Å². The molecule has 2 unspecified atom stereocenters. The number of nitrogens with one attached hydrogen (secondary N) is 1. The van der Waals surface area contributed by atoms with Crippen molar-refractivity contribution in [1.29, 1.82) is 0 Å². The van der Waals surface area contributed by atoms with Gasteiger partial charge in [-0.2, -0.15) is 0 Å². The summed E-state index contributed by atoms with van der Waals surface area (Å²) in [6.45, 7) is 1.68. The molecule has 1 rings (SSSR count). The normalized spacial score (nSPS) is 13.4. The standard InChI is InChI=1S/C14H21NO5/c1-9(16)15-8-7-10(17)14(18)13-11(19-2)5-4-6-12(13)20-3/h4-6,10,14,17-18H,7-8H2,1-3H3,(H,15,16). The van der Waals surface area contributed by atoms with Gasteiger partial charge in [0.25, 0.3) is 0 Å². The van der Waals surface area contributed by atoms with Gasteiger partial charge in [-0.3, -0.25) is 4.79 Å². The SMILES string of the molecule is COc1cccc(OC)c1C(O)C(O)CCNC(C)=O. The molecule has 0 saturated carbocycles. The van der Waals surface area contributed by atoms with Crippen molar-refractivity contribution in [3.05, 3.63) is 23.8 Å². The Bertz CT molecular complexity index is 427. The number of hydrogen-bond donors (Lipinski definition) is 3. The number of carbonyl (C=O) groups is 1. The number of methoxy groups -OCH3 is 2. The van der Waals surface area contributed by atoms with Crippen LogP contribution in [-0.2, 0) is 4.79 Å². The second-order valence-electron chi connectivity index (χ2n) is 4.36. The predicted molar refractivity (Wildman–Crippen MR) is 73.8 cm³/mol. The van der Waals surface area contributed by atoms with E-state index in [1.807, 2.05) is 0 Å².